The monoisotopic (exact) mass is 336 g/mol. The number of allylic oxidation sites excluding steroid dienone is 2. The van der Waals surface area contributed by atoms with Gasteiger partial charge in [0, 0.05) is 5.97 Å². The van der Waals surface area contributed by atoms with Gasteiger partial charge in [0.15, 0.2) is 0 Å². The Bertz CT molecular complexity index is 267. The van der Waals surface area contributed by atoms with E-state index in [0.717, 1.165) is 57.8 Å². The fourth-order valence-corrected chi connectivity index (χ4v) is 2.36. The molecule has 0 rings (SSSR count). The molecule has 0 heterocycles. The van der Waals surface area contributed by atoms with E-state index in [-0.39, 0.29) is 63.9 Å². The fraction of sp³-hybridized carbons (Fsp3) is 0.833. The largest absolute Gasteiger partial charge is 1.00 e. The van der Waals surface area contributed by atoms with Gasteiger partial charge in [-0.25, -0.2) is 0 Å². The van der Waals surface area contributed by atoms with Gasteiger partial charge in [0.2, 0.25) is 0 Å². The van der Waals surface area contributed by atoms with E-state index in [9.17, 15) is 15.0 Å². The first kappa shape index (κ1) is 25.1. The van der Waals surface area contributed by atoms with Crippen LogP contribution in [0.1, 0.15) is 90.4 Å². The van der Waals surface area contributed by atoms with Gasteiger partial charge in [-0.3, -0.25) is 0 Å². The minimum atomic E-state index is -0.935. The van der Waals surface area contributed by atoms with Crippen LogP contribution in [0.2, 0.25) is 0 Å². The number of aliphatic hydroxyl groups is 1. The molecule has 1 atom stereocenters. The summed E-state index contributed by atoms with van der Waals surface area (Å²) in [4.78, 5) is 10.2. The van der Waals surface area contributed by atoms with Gasteiger partial charge in [0.05, 0.1) is 6.10 Å². The summed E-state index contributed by atoms with van der Waals surface area (Å²) in [6.07, 6.45) is 17.1. The summed E-state index contributed by atoms with van der Waals surface area (Å²) in [6, 6.07) is 0. The second-order valence-corrected chi connectivity index (χ2v) is 5.88. The van der Waals surface area contributed by atoms with Crippen LogP contribution in [0.4, 0.5) is 0 Å². The maximum atomic E-state index is 10.2. The molecule has 0 radical (unpaired) electrons. The molecule has 0 bridgehead atoms. The van der Waals surface area contributed by atoms with Crippen LogP contribution >= 0.6 is 0 Å². The van der Waals surface area contributed by atoms with Crippen LogP contribution in [0, 0.1) is 0 Å². The molecule has 4 heteroatoms. The van der Waals surface area contributed by atoms with E-state index in [4.69, 9.17) is 0 Å². The van der Waals surface area contributed by atoms with Gasteiger partial charge < -0.3 is 15.0 Å². The van der Waals surface area contributed by atoms with E-state index in [1.807, 2.05) is 0 Å². The van der Waals surface area contributed by atoms with Gasteiger partial charge >= 0.3 is 51.4 Å². The zero-order valence-electron chi connectivity index (χ0n) is 14.7. The zero-order valence-corrected chi connectivity index (χ0v) is 17.8. The average Bonchev–Trinajstić information content (AvgIpc) is 2.44. The van der Waals surface area contributed by atoms with Crippen LogP contribution < -0.4 is 56.5 Å². The first-order chi connectivity index (χ1) is 10.2. The Morgan fingerprint density at radius 3 is 2.27 bits per heavy atom. The first-order valence-corrected chi connectivity index (χ1v) is 8.69. The van der Waals surface area contributed by atoms with E-state index in [1.165, 1.54) is 19.3 Å². The summed E-state index contributed by atoms with van der Waals surface area (Å²) >= 11 is 0. The minimum absolute atomic E-state index is 0. The zero-order chi connectivity index (χ0) is 15.8. The second kappa shape index (κ2) is 19.9. The van der Waals surface area contributed by atoms with Crippen LogP contribution in [0.5, 0.6) is 0 Å². The van der Waals surface area contributed by atoms with E-state index < -0.39 is 5.97 Å². The summed E-state index contributed by atoms with van der Waals surface area (Å²) < 4.78 is 0. The molecule has 3 nitrogen and oxygen atoms in total. The summed E-state index contributed by atoms with van der Waals surface area (Å²) in [5, 5.41) is 20.0. The number of carboxylic acid groups (broad SMARTS) is 1. The van der Waals surface area contributed by atoms with Crippen LogP contribution in [0.25, 0.3) is 0 Å². The van der Waals surface area contributed by atoms with Crippen molar-refractivity contribution in [1.29, 1.82) is 0 Å². The molecule has 0 saturated heterocycles. The number of hydrogen-bond donors (Lipinski definition) is 1. The molecule has 0 spiro atoms. The third-order valence-electron chi connectivity index (χ3n) is 3.73. The normalized spacial score (nSPS) is 12.3. The Balaban J connectivity index is 0. The summed E-state index contributed by atoms with van der Waals surface area (Å²) in [7, 11) is 0. The predicted molar refractivity (Wildman–Crippen MR) is 85.8 cm³/mol. The fourth-order valence-electron chi connectivity index (χ4n) is 2.36. The van der Waals surface area contributed by atoms with Crippen molar-refractivity contribution in [2.75, 3.05) is 0 Å². The second-order valence-electron chi connectivity index (χ2n) is 5.88. The molecular formula is C18H33KO3. The molecule has 0 aromatic carbocycles. The molecule has 0 aliphatic heterocycles. The Labute approximate surface area is 179 Å². The maximum absolute atomic E-state index is 10.2. The number of aliphatic hydroxyl groups excluding tert-OH is 1. The number of carbonyl (C=O) groups excluding carboxylic acids is 1. The van der Waals surface area contributed by atoms with Crippen LogP contribution in [-0.2, 0) is 4.79 Å². The van der Waals surface area contributed by atoms with Gasteiger partial charge in [-0.05, 0) is 44.9 Å². The third-order valence-corrected chi connectivity index (χ3v) is 3.73. The third kappa shape index (κ3) is 20.8. The molecule has 0 saturated carbocycles. The topological polar surface area (TPSA) is 60.4 Å². The standard InChI is InChI=1S/C18H34O3.K/c1-2-3-11-14-17(19)15-12-9-7-5-4-6-8-10-13-16-18(20)21;/h7,9,17,19H,2-6,8,10-16H2,1H3,(H,20,21);/q;+1/p-1/b9-7-;. The van der Waals surface area contributed by atoms with Gasteiger partial charge in [-0.2, -0.15) is 0 Å². The number of aliphatic carboxylic acids is 1. The van der Waals surface area contributed by atoms with Gasteiger partial charge in [-0.1, -0.05) is 57.6 Å². The smallest absolute Gasteiger partial charge is 0.550 e. The summed E-state index contributed by atoms with van der Waals surface area (Å²) in [5.41, 5.74) is 0. The molecule has 124 valence electrons. The Morgan fingerprint density at radius 1 is 0.955 bits per heavy atom. The molecule has 1 unspecified atom stereocenters. The van der Waals surface area contributed by atoms with Crippen LogP contribution in [-0.4, -0.2) is 17.2 Å². The van der Waals surface area contributed by atoms with Crippen LogP contribution in [0.15, 0.2) is 12.2 Å². The van der Waals surface area contributed by atoms with Crippen molar-refractivity contribution in [1.82, 2.24) is 0 Å². The minimum Gasteiger partial charge on any atom is -0.550 e. The van der Waals surface area contributed by atoms with Crippen molar-refractivity contribution in [3.63, 3.8) is 0 Å². The number of unbranched alkanes of at least 4 members (excludes halogenated alkanes) is 7. The molecule has 0 aromatic rings. The molecule has 0 amide bonds. The van der Waals surface area contributed by atoms with E-state index >= 15 is 0 Å². The molecule has 22 heavy (non-hydrogen) atoms. The van der Waals surface area contributed by atoms with Gasteiger partial charge in [-0.15, -0.1) is 0 Å². The van der Waals surface area contributed by atoms with Crippen molar-refractivity contribution in [2.24, 2.45) is 0 Å². The van der Waals surface area contributed by atoms with Crippen molar-refractivity contribution in [3.05, 3.63) is 12.2 Å². The number of rotatable bonds is 15. The Morgan fingerprint density at radius 2 is 1.59 bits per heavy atom. The van der Waals surface area contributed by atoms with E-state index in [2.05, 4.69) is 19.1 Å². The Kier molecular flexibility index (Phi) is 22.6. The first-order valence-electron chi connectivity index (χ1n) is 8.69. The number of hydrogen-bond acceptors (Lipinski definition) is 3. The summed E-state index contributed by atoms with van der Waals surface area (Å²) in [6.45, 7) is 2.18. The maximum Gasteiger partial charge on any atom is 1.00 e. The predicted octanol–water partition coefficient (Wildman–Crippen LogP) is 0.749. The molecule has 0 aliphatic carbocycles. The molecule has 0 fully saturated rings. The Hall–Kier alpha value is 0.806. The molecule has 1 N–H and O–H groups in total. The van der Waals surface area contributed by atoms with Crippen molar-refractivity contribution in [3.8, 4) is 0 Å². The molecular weight excluding hydrogens is 303 g/mol. The quantitative estimate of drug-likeness (QED) is 0.273. The van der Waals surface area contributed by atoms with Crippen molar-refractivity contribution < 1.29 is 66.4 Å². The van der Waals surface area contributed by atoms with Gasteiger partial charge in [0.1, 0.15) is 0 Å². The van der Waals surface area contributed by atoms with Crippen molar-refractivity contribution >= 4 is 5.97 Å². The molecule has 0 aromatic heterocycles. The van der Waals surface area contributed by atoms with Crippen molar-refractivity contribution in [2.45, 2.75) is 96.5 Å². The van der Waals surface area contributed by atoms with Gasteiger partial charge in [0.25, 0.3) is 0 Å². The van der Waals surface area contributed by atoms with Crippen LogP contribution in [0.3, 0.4) is 0 Å². The average molecular weight is 337 g/mol. The number of carboxylic acids is 1. The number of carbonyl (C=O) groups is 1. The summed E-state index contributed by atoms with van der Waals surface area (Å²) in [5.74, 6) is -0.935. The SMILES string of the molecule is CCCCCC(O)CC/C=C\CCCCCCCC(=O)[O-].[K+]. The van der Waals surface area contributed by atoms with E-state index in [1.54, 1.807) is 0 Å². The van der Waals surface area contributed by atoms with E-state index in [0.29, 0.717) is 0 Å². The molecule has 0 aliphatic rings.